The van der Waals surface area contributed by atoms with E-state index in [1.54, 1.807) is 28.8 Å². The van der Waals surface area contributed by atoms with E-state index in [2.05, 4.69) is 5.32 Å². The number of aromatic carboxylic acids is 1. The fourth-order valence-electron chi connectivity index (χ4n) is 3.99. The number of halogens is 1. The Morgan fingerprint density at radius 3 is 2.56 bits per heavy atom. The average Bonchev–Trinajstić information content (AvgIpc) is 3.14. The Kier molecular flexibility index (Phi) is 5.35. The van der Waals surface area contributed by atoms with Crippen molar-refractivity contribution in [2.24, 2.45) is 0 Å². The molecule has 166 valence electrons. The second-order valence-corrected chi connectivity index (χ2v) is 7.60. The van der Waals surface area contributed by atoms with E-state index in [4.69, 9.17) is 21.1 Å². The summed E-state index contributed by atoms with van der Waals surface area (Å²) in [6.07, 6.45) is 1.33. The molecule has 1 atom stereocenters. The van der Waals surface area contributed by atoms with Crippen LogP contribution in [0.25, 0.3) is 5.69 Å². The second-order valence-electron chi connectivity index (χ2n) is 7.16. The zero-order chi connectivity index (χ0) is 23.2. The molecule has 1 amide bonds. The number of methoxy groups -OCH3 is 2. The number of nitrogens with one attached hydrogen (secondary N) is 1. The summed E-state index contributed by atoms with van der Waals surface area (Å²) in [5, 5.41) is 33.5. The molecule has 0 aliphatic carbocycles. The van der Waals surface area contributed by atoms with Crippen LogP contribution >= 0.6 is 11.6 Å². The molecule has 2 aromatic carbocycles. The lowest BCUT2D eigenvalue weighted by molar-refractivity contribution is -0.116. The van der Waals surface area contributed by atoms with Crippen LogP contribution in [-0.2, 0) is 4.79 Å². The third-order valence-electron chi connectivity index (χ3n) is 5.37. The lowest BCUT2D eigenvalue weighted by Gasteiger charge is -2.28. The Morgan fingerprint density at radius 1 is 1.19 bits per heavy atom. The summed E-state index contributed by atoms with van der Waals surface area (Å²) in [5.41, 5.74) is 1.40. The number of carboxylic acids is 1. The number of ether oxygens (including phenoxy) is 2. The van der Waals surface area contributed by atoms with E-state index in [0.717, 1.165) is 0 Å². The minimum Gasteiger partial charge on any atom is -0.502 e. The lowest BCUT2D eigenvalue weighted by Crippen LogP contribution is -2.26. The van der Waals surface area contributed by atoms with Gasteiger partial charge in [-0.15, -0.1) is 0 Å². The molecular weight excluding hydrogens is 440 g/mol. The van der Waals surface area contributed by atoms with Gasteiger partial charge in [-0.25, -0.2) is 4.79 Å². The number of hydrogen-bond acceptors (Lipinski definition) is 6. The highest BCUT2D eigenvalue weighted by molar-refractivity contribution is 6.30. The first-order valence-electron chi connectivity index (χ1n) is 9.47. The zero-order valence-corrected chi connectivity index (χ0v) is 17.8. The Bertz CT molecular complexity index is 1250. The van der Waals surface area contributed by atoms with Gasteiger partial charge < -0.3 is 34.7 Å². The molecule has 32 heavy (non-hydrogen) atoms. The molecule has 0 radical (unpaired) electrons. The number of nitrogens with zero attached hydrogens (tertiary/aromatic N) is 1. The molecule has 1 aliphatic rings. The summed E-state index contributed by atoms with van der Waals surface area (Å²) in [6.45, 7) is 0. The fraction of sp³-hybridized carbons (Fsp3) is 0.182. The first-order chi connectivity index (χ1) is 15.3. The molecule has 10 heteroatoms. The van der Waals surface area contributed by atoms with Crippen LogP contribution in [0.2, 0.25) is 5.02 Å². The summed E-state index contributed by atoms with van der Waals surface area (Å²) in [4.78, 5) is 24.5. The molecular formula is C22H19ClN2O7. The number of anilines is 1. The van der Waals surface area contributed by atoms with Crippen LogP contribution in [0.15, 0.2) is 36.5 Å². The van der Waals surface area contributed by atoms with Crippen molar-refractivity contribution < 1.29 is 34.4 Å². The van der Waals surface area contributed by atoms with E-state index in [0.29, 0.717) is 22.0 Å². The number of carboxylic acid groups (broad SMARTS) is 1. The fourth-order valence-corrected chi connectivity index (χ4v) is 4.18. The number of phenols is 2. The number of aromatic hydroxyl groups is 2. The van der Waals surface area contributed by atoms with Crippen LogP contribution in [0, 0.1) is 0 Å². The smallest absolute Gasteiger partial charge is 0.339 e. The number of hydrogen-bond donors (Lipinski definition) is 4. The monoisotopic (exact) mass is 458 g/mol. The number of carbonyl (C=O) groups is 2. The van der Waals surface area contributed by atoms with Gasteiger partial charge in [0.05, 0.1) is 25.6 Å². The summed E-state index contributed by atoms with van der Waals surface area (Å²) in [7, 11) is 2.63. The van der Waals surface area contributed by atoms with Crippen molar-refractivity contribution >= 4 is 29.2 Å². The maximum atomic E-state index is 12.6. The van der Waals surface area contributed by atoms with E-state index in [-0.39, 0.29) is 29.2 Å². The van der Waals surface area contributed by atoms with Gasteiger partial charge in [0.25, 0.3) is 0 Å². The number of carbonyl (C=O) groups excluding carboxylic acids is 1. The molecule has 4 N–H and O–H groups in total. The summed E-state index contributed by atoms with van der Waals surface area (Å²) in [5.74, 6) is -3.50. The number of fused-ring (bicyclic) bond motifs is 1. The van der Waals surface area contributed by atoms with Crippen LogP contribution in [0.4, 0.5) is 5.69 Å². The van der Waals surface area contributed by atoms with Crippen molar-refractivity contribution in [1.29, 1.82) is 0 Å². The van der Waals surface area contributed by atoms with Crippen molar-refractivity contribution in [3.8, 4) is 28.7 Å². The van der Waals surface area contributed by atoms with Crippen LogP contribution in [0.1, 0.15) is 34.0 Å². The highest BCUT2D eigenvalue weighted by Gasteiger charge is 2.37. The number of amides is 1. The molecule has 0 spiro atoms. The first-order valence-corrected chi connectivity index (χ1v) is 9.85. The van der Waals surface area contributed by atoms with Crippen molar-refractivity contribution in [3.63, 3.8) is 0 Å². The van der Waals surface area contributed by atoms with E-state index in [1.165, 1.54) is 26.5 Å². The van der Waals surface area contributed by atoms with Gasteiger partial charge in [-0.1, -0.05) is 17.7 Å². The molecule has 1 aromatic heterocycles. The van der Waals surface area contributed by atoms with Gasteiger partial charge in [0, 0.05) is 34.8 Å². The zero-order valence-electron chi connectivity index (χ0n) is 17.0. The lowest BCUT2D eigenvalue weighted by atomic mass is 9.87. The van der Waals surface area contributed by atoms with Gasteiger partial charge >= 0.3 is 5.97 Å². The van der Waals surface area contributed by atoms with Gasteiger partial charge in [0.1, 0.15) is 5.56 Å². The van der Waals surface area contributed by atoms with Crippen molar-refractivity contribution in [2.75, 3.05) is 19.5 Å². The average molecular weight is 459 g/mol. The van der Waals surface area contributed by atoms with Crippen LogP contribution < -0.4 is 14.8 Å². The number of rotatable bonds is 5. The molecule has 1 aliphatic heterocycles. The standard InChI is InChI=1S/C22H19ClN2O7/c1-31-15-7-13(21(32-2)20(28)19(15)27)12-8-16(26)24-17-14(22(29)30)9-25(18(12)17)11-5-3-4-10(23)6-11/h3-7,9,12,27-28H,8H2,1-2H3,(H,24,26)(H,29,30). The highest BCUT2D eigenvalue weighted by Crippen LogP contribution is 2.51. The van der Waals surface area contributed by atoms with Gasteiger partial charge in [-0.2, -0.15) is 0 Å². The normalized spacial score (nSPS) is 15.1. The third-order valence-corrected chi connectivity index (χ3v) is 5.60. The molecule has 1 unspecified atom stereocenters. The molecule has 4 rings (SSSR count). The maximum absolute atomic E-state index is 12.6. The largest absolute Gasteiger partial charge is 0.502 e. The van der Waals surface area contributed by atoms with Crippen LogP contribution in [-0.4, -0.2) is 46.0 Å². The van der Waals surface area contributed by atoms with Gasteiger partial charge in [0.2, 0.25) is 17.4 Å². The van der Waals surface area contributed by atoms with Gasteiger partial charge in [-0.3, -0.25) is 4.79 Å². The Hall–Kier alpha value is -3.85. The molecule has 3 aromatic rings. The molecule has 9 nitrogen and oxygen atoms in total. The van der Waals surface area contributed by atoms with E-state index in [1.807, 2.05) is 0 Å². The summed E-state index contributed by atoms with van der Waals surface area (Å²) >= 11 is 6.15. The minimum absolute atomic E-state index is 0.0230. The highest BCUT2D eigenvalue weighted by atomic mass is 35.5. The molecule has 0 bridgehead atoms. The molecule has 0 saturated carbocycles. The minimum atomic E-state index is -1.22. The van der Waals surface area contributed by atoms with E-state index >= 15 is 0 Å². The molecule has 0 saturated heterocycles. The number of aromatic nitrogens is 1. The van der Waals surface area contributed by atoms with Gasteiger partial charge in [0.15, 0.2) is 11.5 Å². The quantitative estimate of drug-likeness (QED) is 0.428. The van der Waals surface area contributed by atoms with Crippen molar-refractivity contribution in [3.05, 3.63) is 58.4 Å². The third kappa shape index (κ3) is 3.36. The topological polar surface area (TPSA) is 130 Å². The number of phenolic OH excluding ortho intramolecular Hbond substituents is 2. The summed E-state index contributed by atoms with van der Waals surface area (Å²) < 4.78 is 12.1. The Balaban J connectivity index is 2.05. The van der Waals surface area contributed by atoms with Crippen molar-refractivity contribution in [1.82, 2.24) is 4.57 Å². The maximum Gasteiger partial charge on any atom is 0.339 e. The predicted octanol–water partition coefficient (Wildman–Crippen LogP) is 3.73. The van der Waals surface area contributed by atoms with Crippen LogP contribution in [0.5, 0.6) is 23.0 Å². The molecule has 2 heterocycles. The van der Waals surface area contributed by atoms with Crippen molar-refractivity contribution in [2.45, 2.75) is 12.3 Å². The van der Waals surface area contributed by atoms with E-state index < -0.39 is 29.3 Å². The summed E-state index contributed by atoms with van der Waals surface area (Å²) in [6, 6.07) is 8.27. The van der Waals surface area contributed by atoms with Crippen LogP contribution in [0.3, 0.4) is 0 Å². The van der Waals surface area contributed by atoms with E-state index in [9.17, 15) is 24.9 Å². The van der Waals surface area contributed by atoms with Gasteiger partial charge in [-0.05, 0) is 24.3 Å². The Morgan fingerprint density at radius 2 is 1.94 bits per heavy atom. The predicted molar refractivity (Wildman–Crippen MR) is 116 cm³/mol. The SMILES string of the molecule is COc1cc(C2CC(=O)Nc3c(C(=O)O)cn(-c4cccc(Cl)c4)c32)c(OC)c(O)c1O. The molecule has 0 fully saturated rings. The first kappa shape index (κ1) is 21.4. The second kappa shape index (κ2) is 8.01. The Labute approximate surface area is 187 Å². The number of benzene rings is 2.